The van der Waals surface area contributed by atoms with E-state index in [4.69, 9.17) is 0 Å². The highest BCUT2D eigenvalue weighted by Gasteiger charge is 2.20. The van der Waals surface area contributed by atoms with Crippen molar-refractivity contribution in [2.45, 2.75) is 25.9 Å². The Bertz CT molecular complexity index is 844. The van der Waals surface area contributed by atoms with Crippen molar-refractivity contribution in [2.75, 3.05) is 31.1 Å². The summed E-state index contributed by atoms with van der Waals surface area (Å²) in [7, 11) is 0. The summed E-state index contributed by atoms with van der Waals surface area (Å²) in [6.45, 7) is 6.52. The molecule has 1 N–H and O–H groups in total. The number of anilines is 1. The molecule has 2 aromatic carbocycles. The van der Waals surface area contributed by atoms with Crippen molar-refractivity contribution < 1.29 is 9.90 Å². The molecular weight excluding hydrogens is 336 g/mol. The number of benzene rings is 2. The zero-order valence-electron chi connectivity index (χ0n) is 16.0. The molecular formula is C23H26N2O2. The van der Waals surface area contributed by atoms with Gasteiger partial charge in [-0.2, -0.15) is 0 Å². The van der Waals surface area contributed by atoms with Crippen LogP contribution in [-0.2, 0) is 0 Å². The van der Waals surface area contributed by atoms with Crippen molar-refractivity contribution in [1.82, 2.24) is 4.90 Å². The van der Waals surface area contributed by atoms with Crippen molar-refractivity contribution in [3.05, 3.63) is 65.7 Å². The van der Waals surface area contributed by atoms with Crippen molar-refractivity contribution in [3.63, 3.8) is 0 Å². The van der Waals surface area contributed by atoms with E-state index in [1.54, 1.807) is 19.9 Å². The fourth-order valence-electron chi connectivity index (χ4n) is 3.16. The highest BCUT2D eigenvalue weighted by atomic mass is 16.3. The molecule has 4 heteroatoms. The summed E-state index contributed by atoms with van der Waals surface area (Å²) in [4.78, 5) is 17.2. The molecule has 0 unspecified atom stereocenters. The molecule has 1 fully saturated rings. The summed E-state index contributed by atoms with van der Waals surface area (Å²) in [5.74, 6) is 5.78. The molecule has 0 saturated carbocycles. The Labute approximate surface area is 161 Å². The smallest absolute Gasteiger partial charge is 0.253 e. The summed E-state index contributed by atoms with van der Waals surface area (Å²) in [5, 5.41) is 9.76. The summed E-state index contributed by atoms with van der Waals surface area (Å²) in [6.07, 6.45) is 0.943. The van der Waals surface area contributed by atoms with Crippen molar-refractivity contribution in [1.29, 1.82) is 0 Å². The Hall–Kier alpha value is -2.77. The van der Waals surface area contributed by atoms with Crippen molar-refractivity contribution >= 4 is 11.6 Å². The number of amides is 1. The van der Waals surface area contributed by atoms with Crippen LogP contribution in [0.25, 0.3) is 0 Å². The van der Waals surface area contributed by atoms with Crippen LogP contribution in [0, 0.1) is 11.8 Å². The number of carbonyl (C=O) groups excluding carboxylic acids is 1. The molecule has 3 rings (SSSR count). The zero-order valence-corrected chi connectivity index (χ0v) is 16.0. The lowest BCUT2D eigenvalue weighted by Gasteiger charge is -2.23. The van der Waals surface area contributed by atoms with E-state index in [1.807, 2.05) is 41.3 Å². The monoisotopic (exact) mass is 362 g/mol. The summed E-state index contributed by atoms with van der Waals surface area (Å²) in [5.41, 5.74) is 1.54. The molecule has 4 nitrogen and oxygen atoms in total. The standard InChI is InChI=1S/C23H26N2O2/c1-23(2,27)13-12-19-8-6-9-20(18-19)22(26)25-15-7-14-24(16-17-25)21-10-4-3-5-11-21/h3-6,8-11,18,27H,7,14-17H2,1-2H3. The first-order valence-corrected chi connectivity index (χ1v) is 9.37. The minimum atomic E-state index is -1.05. The molecule has 1 heterocycles. The zero-order chi connectivity index (χ0) is 19.3. The van der Waals surface area contributed by atoms with Gasteiger partial charge in [0.2, 0.25) is 0 Å². The number of rotatable bonds is 2. The van der Waals surface area contributed by atoms with Gasteiger partial charge in [-0.15, -0.1) is 0 Å². The van der Waals surface area contributed by atoms with Gasteiger partial charge in [0.15, 0.2) is 0 Å². The highest BCUT2D eigenvalue weighted by Crippen LogP contribution is 2.17. The van der Waals surface area contributed by atoms with E-state index in [0.29, 0.717) is 12.1 Å². The van der Waals surface area contributed by atoms with E-state index in [-0.39, 0.29) is 5.91 Å². The van der Waals surface area contributed by atoms with Gasteiger partial charge in [0.25, 0.3) is 5.91 Å². The van der Waals surface area contributed by atoms with Crippen molar-refractivity contribution in [3.8, 4) is 11.8 Å². The predicted octanol–water partition coefficient (Wildman–Crippen LogP) is 3.16. The second kappa shape index (κ2) is 8.28. The normalized spacial score (nSPS) is 14.9. The van der Waals surface area contributed by atoms with E-state index in [2.05, 4.69) is 28.9 Å². The molecule has 1 aliphatic rings. The molecule has 0 atom stereocenters. The quantitative estimate of drug-likeness (QED) is 0.835. The molecule has 27 heavy (non-hydrogen) atoms. The van der Waals surface area contributed by atoms with Crippen molar-refractivity contribution in [2.24, 2.45) is 0 Å². The molecule has 0 aliphatic carbocycles. The second-order valence-corrected chi connectivity index (χ2v) is 7.36. The SMILES string of the molecule is CC(C)(O)C#Cc1cccc(C(=O)N2CCCN(c3ccccc3)CC2)c1. The molecule has 140 valence electrons. The molecule has 1 amide bonds. The molecule has 0 bridgehead atoms. The van der Waals surface area contributed by atoms with Crippen LogP contribution in [0.15, 0.2) is 54.6 Å². The van der Waals surface area contributed by atoms with Gasteiger partial charge in [-0.05, 0) is 50.6 Å². The van der Waals surface area contributed by atoms with Crippen LogP contribution >= 0.6 is 0 Å². The Morgan fingerprint density at radius 3 is 2.52 bits per heavy atom. The van der Waals surface area contributed by atoms with Gasteiger partial charge in [0.05, 0.1) is 0 Å². The second-order valence-electron chi connectivity index (χ2n) is 7.36. The topological polar surface area (TPSA) is 43.8 Å². The number of hydrogen-bond acceptors (Lipinski definition) is 3. The fraction of sp³-hybridized carbons (Fsp3) is 0.348. The Kier molecular flexibility index (Phi) is 5.83. The summed E-state index contributed by atoms with van der Waals surface area (Å²) in [6, 6.07) is 17.7. The van der Waals surface area contributed by atoms with Crippen LogP contribution in [-0.4, -0.2) is 47.7 Å². The van der Waals surface area contributed by atoms with E-state index in [9.17, 15) is 9.90 Å². The molecule has 1 aliphatic heterocycles. The lowest BCUT2D eigenvalue weighted by Crippen LogP contribution is -2.35. The Balaban J connectivity index is 1.70. The lowest BCUT2D eigenvalue weighted by molar-refractivity contribution is 0.0767. The molecule has 1 saturated heterocycles. The minimum absolute atomic E-state index is 0.0387. The minimum Gasteiger partial charge on any atom is -0.378 e. The van der Waals surface area contributed by atoms with E-state index >= 15 is 0 Å². The van der Waals surface area contributed by atoms with Gasteiger partial charge in [0.1, 0.15) is 5.60 Å². The van der Waals surface area contributed by atoms with Gasteiger partial charge in [-0.25, -0.2) is 0 Å². The molecule has 0 radical (unpaired) electrons. The van der Waals surface area contributed by atoms with Crippen LogP contribution in [0.2, 0.25) is 0 Å². The van der Waals surface area contributed by atoms with E-state index in [0.717, 1.165) is 31.6 Å². The maximum Gasteiger partial charge on any atom is 0.253 e. The van der Waals surface area contributed by atoms with Gasteiger partial charge in [-0.3, -0.25) is 4.79 Å². The number of aliphatic hydroxyl groups is 1. The van der Waals surface area contributed by atoms with Crippen LogP contribution < -0.4 is 4.90 Å². The molecule has 0 spiro atoms. The number of nitrogens with zero attached hydrogens (tertiary/aromatic N) is 2. The first-order chi connectivity index (χ1) is 12.9. The summed E-state index contributed by atoms with van der Waals surface area (Å²) < 4.78 is 0. The fourth-order valence-corrected chi connectivity index (χ4v) is 3.16. The van der Waals surface area contributed by atoms with Gasteiger partial charge in [0, 0.05) is 43.0 Å². The Morgan fingerprint density at radius 2 is 1.78 bits per heavy atom. The van der Waals surface area contributed by atoms with Gasteiger partial charge >= 0.3 is 0 Å². The summed E-state index contributed by atoms with van der Waals surface area (Å²) >= 11 is 0. The largest absolute Gasteiger partial charge is 0.378 e. The maximum absolute atomic E-state index is 13.0. The third-order valence-electron chi connectivity index (χ3n) is 4.53. The van der Waals surface area contributed by atoms with E-state index in [1.165, 1.54) is 5.69 Å². The first-order valence-electron chi connectivity index (χ1n) is 9.37. The maximum atomic E-state index is 13.0. The van der Waals surface area contributed by atoms with Crippen LogP contribution in [0.5, 0.6) is 0 Å². The number of carbonyl (C=O) groups is 1. The predicted molar refractivity (Wildman–Crippen MR) is 109 cm³/mol. The third kappa shape index (κ3) is 5.35. The highest BCUT2D eigenvalue weighted by molar-refractivity contribution is 5.94. The molecule has 0 aromatic heterocycles. The van der Waals surface area contributed by atoms with Crippen LogP contribution in [0.1, 0.15) is 36.2 Å². The number of hydrogen-bond donors (Lipinski definition) is 1. The lowest BCUT2D eigenvalue weighted by atomic mass is 10.1. The van der Waals surface area contributed by atoms with Crippen LogP contribution in [0.3, 0.4) is 0 Å². The first kappa shape index (κ1) is 19.0. The van der Waals surface area contributed by atoms with Crippen LogP contribution in [0.4, 0.5) is 5.69 Å². The van der Waals surface area contributed by atoms with Gasteiger partial charge in [-0.1, -0.05) is 36.1 Å². The third-order valence-corrected chi connectivity index (χ3v) is 4.53. The average molecular weight is 362 g/mol. The average Bonchev–Trinajstić information content (AvgIpc) is 2.92. The molecule has 2 aromatic rings. The van der Waals surface area contributed by atoms with E-state index < -0.39 is 5.60 Å². The number of para-hydroxylation sites is 1. The van der Waals surface area contributed by atoms with Gasteiger partial charge < -0.3 is 14.9 Å². The Morgan fingerprint density at radius 1 is 1.00 bits per heavy atom.